The summed E-state index contributed by atoms with van der Waals surface area (Å²) in [6.45, 7) is 8.11. The van der Waals surface area contributed by atoms with E-state index < -0.39 is 0 Å². The molecule has 1 N–H and O–H groups in total. The van der Waals surface area contributed by atoms with Crippen molar-refractivity contribution in [2.24, 2.45) is 0 Å². The molecular weight excluding hydrogens is 172 g/mol. The summed E-state index contributed by atoms with van der Waals surface area (Å²) in [5.74, 6) is 0.987. The quantitative estimate of drug-likeness (QED) is 0.662. The molecule has 0 amide bonds. The first-order chi connectivity index (χ1) is 6.75. The highest BCUT2D eigenvalue weighted by Crippen LogP contribution is 2.01. The van der Waals surface area contributed by atoms with Crippen LogP contribution in [0.15, 0.2) is 11.6 Å². The molecule has 0 saturated heterocycles. The predicted octanol–water partition coefficient (Wildman–Crippen LogP) is 1.66. The third-order valence-corrected chi connectivity index (χ3v) is 2.03. The van der Waals surface area contributed by atoms with Crippen LogP contribution >= 0.6 is 0 Å². The van der Waals surface area contributed by atoms with Crippen LogP contribution in [-0.4, -0.2) is 9.97 Å². The minimum absolute atomic E-state index is 0.987. The number of hydrogen-bond donors (Lipinski definition) is 1. The van der Waals surface area contributed by atoms with Crippen molar-refractivity contribution in [2.75, 3.05) is 0 Å². The van der Waals surface area contributed by atoms with Crippen LogP contribution in [0.3, 0.4) is 0 Å². The number of imidazole rings is 1. The Labute approximate surface area is 85.1 Å². The lowest BCUT2D eigenvalue weighted by molar-refractivity contribution is 1.13. The van der Waals surface area contributed by atoms with Gasteiger partial charge < -0.3 is 4.98 Å². The lowest BCUT2D eigenvalue weighted by Crippen LogP contribution is -2.23. The van der Waals surface area contributed by atoms with Crippen LogP contribution in [0.4, 0.5) is 0 Å². The molecule has 0 saturated carbocycles. The number of nitrogens with zero attached hydrogens (tertiary/aromatic N) is 1. The fourth-order valence-electron chi connectivity index (χ4n) is 1.36. The van der Waals surface area contributed by atoms with Crippen LogP contribution in [0.2, 0.25) is 0 Å². The van der Waals surface area contributed by atoms with Crippen molar-refractivity contribution in [1.82, 2.24) is 9.97 Å². The third kappa shape index (κ3) is 2.34. The molecule has 1 aromatic rings. The van der Waals surface area contributed by atoms with Crippen LogP contribution in [-0.2, 0) is 0 Å². The van der Waals surface area contributed by atoms with Gasteiger partial charge in [0.15, 0.2) is 0 Å². The van der Waals surface area contributed by atoms with E-state index in [9.17, 15) is 0 Å². The number of allylic oxidation sites excluding steroid dienone is 2. The molecule has 0 unspecified atom stereocenters. The highest BCUT2D eigenvalue weighted by molar-refractivity contribution is 5.44. The summed E-state index contributed by atoms with van der Waals surface area (Å²) < 4.78 is 0. The van der Waals surface area contributed by atoms with Crippen molar-refractivity contribution >= 4 is 12.2 Å². The van der Waals surface area contributed by atoms with E-state index in [2.05, 4.69) is 35.1 Å². The molecule has 0 atom stereocenters. The second-order valence-corrected chi connectivity index (χ2v) is 3.21. The van der Waals surface area contributed by atoms with Crippen molar-refractivity contribution in [2.45, 2.75) is 34.1 Å². The van der Waals surface area contributed by atoms with Gasteiger partial charge in [0.1, 0.15) is 5.82 Å². The summed E-state index contributed by atoms with van der Waals surface area (Å²) in [4.78, 5) is 7.58. The zero-order valence-corrected chi connectivity index (χ0v) is 9.39. The first-order valence-electron chi connectivity index (χ1n) is 5.16. The van der Waals surface area contributed by atoms with Crippen LogP contribution in [0.5, 0.6) is 0 Å². The number of aromatic amines is 1. The number of aryl methyl sites for hydroxylation is 1. The molecule has 2 nitrogen and oxygen atoms in total. The summed E-state index contributed by atoms with van der Waals surface area (Å²) in [5, 5.41) is 2.21. The van der Waals surface area contributed by atoms with Crippen LogP contribution in [0, 0.1) is 6.92 Å². The molecule has 1 aliphatic carbocycles. The number of aromatic nitrogens is 2. The number of fused-ring (bicyclic) bond motifs is 1. The maximum absolute atomic E-state index is 4.37. The highest BCUT2D eigenvalue weighted by Gasteiger charge is 1.95. The molecule has 0 aromatic carbocycles. The van der Waals surface area contributed by atoms with Gasteiger partial charge >= 0.3 is 0 Å². The number of rotatable bonds is 0. The Morgan fingerprint density at radius 2 is 1.93 bits per heavy atom. The fraction of sp³-hybridized carbons (Fsp3) is 0.417. The minimum Gasteiger partial charge on any atom is -0.342 e. The molecular formula is C12H18N2. The van der Waals surface area contributed by atoms with Crippen LogP contribution < -0.4 is 10.7 Å². The Morgan fingerprint density at radius 3 is 2.64 bits per heavy atom. The number of nitrogens with one attached hydrogen (secondary N) is 1. The molecule has 76 valence electrons. The number of hydrogen-bond acceptors (Lipinski definition) is 1. The van der Waals surface area contributed by atoms with Gasteiger partial charge in [0.05, 0.1) is 10.7 Å². The molecule has 0 aliphatic heterocycles. The molecule has 0 bridgehead atoms. The van der Waals surface area contributed by atoms with E-state index in [-0.39, 0.29) is 0 Å². The van der Waals surface area contributed by atoms with Gasteiger partial charge in [0.25, 0.3) is 0 Å². The Kier molecular flexibility index (Phi) is 3.69. The van der Waals surface area contributed by atoms with Crippen molar-refractivity contribution in [3.05, 3.63) is 28.2 Å². The first kappa shape index (κ1) is 10.8. The number of H-pyrrole nitrogens is 1. The predicted molar refractivity (Wildman–Crippen MR) is 61.2 cm³/mol. The highest BCUT2D eigenvalue weighted by atomic mass is 14.9. The van der Waals surface area contributed by atoms with E-state index >= 15 is 0 Å². The zero-order valence-electron chi connectivity index (χ0n) is 9.39. The molecule has 1 heterocycles. The van der Waals surface area contributed by atoms with Gasteiger partial charge in [-0.25, -0.2) is 4.98 Å². The SMILES string of the molecule is CC.CC1=CC=c2[nH]c(C)nc2=CC1. The lowest BCUT2D eigenvalue weighted by Gasteiger charge is -1.87. The van der Waals surface area contributed by atoms with Crippen LogP contribution in [0.1, 0.15) is 33.0 Å². The zero-order chi connectivity index (χ0) is 10.6. The van der Waals surface area contributed by atoms with Crippen LogP contribution in [0.25, 0.3) is 12.2 Å². The van der Waals surface area contributed by atoms with E-state index in [0.717, 1.165) is 22.9 Å². The summed E-state index contributed by atoms with van der Waals surface area (Å²) >= 11 is 0. The van der Waals surface area contributed by atoms with E-state index in [0.29, 0.717) is 0 Å². The summed E-state index contributed by atoms with van der Waals surface area (Å²) in [7, 11) is 0. The van der Waals surface area contributed by atoms with Gasteiger partial charge in [-0.3, -0.25) is 0 Å². The van der Waals surface area contributed by atoms with Crippen molar-refractivity contribution < 1.29 is 0 Å². The van der Waals surface area contributed by atoms with Gasteiger partial charge in [0.2, 0.25) is 0 Å². The molecule has 14 heavy (non-hydrogen) atoms. The standard InChI is InChI=1S/C10H12N2.C2H6/c1-7-3-5-9-10(6-4-7)12-8(2)11-9;1-2/h3,5-6H,4H2,1-2H3,(H,11,12);1-2H3. The Hall–Kier alpha value is -1.31. The molecule has 0 radical (unpaired) electrons. The van der Waals surface area contributed by atoms with E-state index in [4.69, 9.17) is 0 Å². The molecule has 1 aliphatic rings. The monoisotopic (exact) mass is 190 g/mol. The van der Waals surface area contributed by atoms with Gasteiger partial charge in [-0.1, -0.05) is 31.6 Å². The molecule has 0 spiro atoms. The fourth-order valence-corrected chi connectivity index (χ4v) is 1.36. The average Bonchev–Trinajstić information content (AvgIpc) is 2.47. The summed E-state index contributed by atoms with van der Waals surface area (Å²) in [6, 6.07) is 0. The Morgan fingerprint density at radius 1 is 1.21 bits per heavy atom. The van der Waals surface area contributed by atoms with Gasteiger partial charge in [-0.05, 0) is 26.3 Å². The second kappa shape index (κ2) is 4.80. The van der Waals surface area contributed by atoms with E-state index in [1.54, 1.807) is 0 Å². The topological polar surface area (TPSA) is 28.7 Å². The van der Waals surface area contributed by atoms with E-state index in [1.165, 1.54) is 5.57 Å². The smallest absolute Gasteiger partial charge is 0.104 e. The minimum atomic E-state index is 0.987. The molecule has 0 fully saturated rings. The Balaban J connectivity index is 0.000000461. The average molecular weight is 190 g/mol. The molecule has 2 heteroatoms. The second-order valence-electron chi connectivity index (χ2n) is 3.21. The molecule has 2 rings (SSSR count). The van der Waals surface area contributed by atoms with E-state index in [1.807, 2.05) is 20.8 Å². The Bertz CT molecular complexity index is 435. The summed E-state index contributed by atoms with van der Waals surface area (Å²) in [6.07, 6.45) is 7.40. The van der Waals surface area contributed by atoms with Crippen molar-refractivity contribution in [3.63, 3.8) is 0 Å². The maximum atomic E-state index is 4.37. The van der Waals surface area contributed by atoms with Gasteiger partial charge in [-0.2, -0.15) is 0 Å². The van der Waals surface area contributed by atoms with Gasteiger partial charge in [-0.15, -0.1) is 0 Å². The summed E-state index contributed by atoms with van der Waals surface area (Å²) in [5.41, 5.74) is 1.37. The largest absolute Gasteiger partial charge is 0.342 e. The first-order valence-corrected chi connectivity index (χ1v) is 5.16. The normalized spacial score (nSPS) is 13.6. The maximum Gasteiger partial charge on any atom is 0.104 e. The van der Waals surface area contributed by atoms with Crippen molar-refractivity contribution in [3.8, 4) is 0 Å². The molecule has 1 aromatic heterocycles. The third-order valence-electron chi connectivity index (χ3n) is 2.03. The van der Waals surface area contributed by atoms with Crippen molar-refractivity contribution in [1.29, 1.82) is 0 Å². The lowest BCUT2D eigenvalue weighted by atomic mass is 10.2. The van der Waals surface area contributed by atoms with Gasteiger partial charge in [0, 0.05) is 0 Å².